The van der Waals surface area contributed by atoms with Crippen molar-refractivity contribution in [3.8, 4) is 23.0 Å². The number of para-hydroxylation sites is 1. The minimum absolute atomic E-state index is 0.0361. The number of phenols is 3. The minimum atomic E-state index is -0.461. The predicted octanol–water partition coefficient (Wildman–Crippen LogP) is 4.30. The molecule has 0 aromatic heterocycles. The molecule has 0 aliphatic heterocycles. The first-order chi connectivity index (χ1) is 13.5. The SMILES string of the molecule is COc1cc(O)c(Cc2ccccc2O)c(O)c1C(=O)/C=C/c1ccccc1. The van der Waals surface area contributed by atoms with E-state index >= 15 is 0 Å². The van der Waals surface area contributed by atoms with Crippen molar-refractivity contribution in [3.63, 3.8) is 0 Å². The molecule has 0 amide bonds. The fourth-order valence-corrected chi connectivity index (χ4v) is 2.92. The zero-order chi connectivity index (χ0) is 20.1. The smallest absolute Gasteiger partial charge is 0.193 e. The number of ketones is 1. The van der Waals surface area contributed by atoms with Gasteiger partial charge in [0.05, 0.1) is 7.11 Å². The molecule has 142 valence electrons. The van der Waals surface area contributed by atoms with Crippen LogP contribution in [-0.4, -0.2) is 28.2 Å². The van der Waals surface area contributed by atoms with E-state index in [-0.39, 0.29) is 40.5 Å². The van der Waals surface area contributed by atoms with Crippen LogP contribution in [0.25, 0.3) is 6.08 Å². The van der Waals surface area contributed by atoms with Gasteiger partial charge in [0.25, 0.3) is 0 Å². The lowest BCUT2D eigenvalue weighted by Crippen LogP contribution is -2.03. The summed E-state index contributed by atoms with van der Waals surface area (Å²) in [6, 6.07) is 17.2. The van der Waals surface area contributed by atoms with Crippen molar-refractivity contribution in [1.29, 1.82) is 0 Å². The van der Waals surface area contributed by atoms with Crippen molar-refractivity contribution in [3.05, 3.63) is 89.0 Å². The second-order valence-electron chi connectivity index (χ2n) is 6.21. The van der Waals surface area contributed by atoms with E-state index in [1.807, 2.05) is 30.3 Å². The molecule has 0 aliphatic rings. The Morgan fingerprint density at radius 1 is 0.964 bits per heavy atom. The van der Waals surface area contributed by atoms with E-state index < -0.39 is 5.78 Å². The minimum Gasteiger partial charge on any atom is -0.508 e. The maximum atomic E-state index is 12.7. The largest absolute Gasteiger partial charge is 0.508 e. The first-order valence-corrected chi connectivity index (χ1v) is 8.67. The second-order valence-corrected chi connectivity index (χ2v) is 6.21. The van der Waals surface area contributed by atoms with Crippen LogP contribution in [0, 0.1) is 0 Å². The molecular formula is C23H20O5. The molecule has 0 unspecified atom stereocenters. The second kappa shape index (κ2) is 8.31. The Kier molecular flexibility index (Phi) is 5.65. The zero-order valence-corrected chi connectivity index (χ0v) is 15.3. The molecule has 28 heavy (non-hydrogen) atoms. The Balaban J connectivity index is 2.01. The van der Waals surface area contributed by atoms with Gasteiger partial charge in [-0.1, -0.05) is 54.6 Å². The Hall–Kier alpha value is -3.73. The summed E-state index contributed by atoms with van der Waals surface area (Å²) in [5.41, 5.74) is 1.44. The lowest BCUT2D eigenvalue weighted by atomic mass is 9.96. The van der Waals surface area contributed by atoms with Gasteiger partial charge >= 0.3 is 0 Å². The highest BCUT2D eigenvalue weighted by molar-refractivity contribution is 6.11. The van der Waals surface area contributed by atoms with Crippen LogP contribution in [0.1, 0.15) is 27.0 Å². The number of methoxy groups -OCH3 is 1. The molecule has 3 N–H and O–H groups in total. The maximum absolute atomic E-state index is 12.7. The maximum Gasteiger partial charge on any atom is 0.193 e. The van der Waals surface area contributed by atoms with Crippen molar-refractivity contribution in [1.82, 2.24) is 0 Å². The van der Waals surface area contributed by atoms with Crippen LogP contribution in [0.15, 0.2) is 66.7 Å². The summed E-state index contributed by atoms with van der Waals surface area (Å²) in [6.07, 6.45) is 3.03. The molecule has 0 fully saturated rings. The molecule has 0 bridgehead atoms. The molecule has 0 spiro atoms. The van der Waals surface area contributed by atoms with Crippen LogP contribution in [0.5, 0.6) is 23.0 Å². The molecule has 3 aromatic rings. The topological polar surface area (TPSA) is 87.0 Å². The lowest BCUT2D eigenvalue weighted by molar-refractivity contribution is 0.104. The standard InChI is InChI=1S/C23H20O5/c1-28-21-14-20(26)17(13-16-9-5-6-10-18(16)24)23(27)22(21)19(25)12-11-15-7-3-2-4-8-15/h2-12,14,24,26-27H,13H2,1H3/b12-11+. The number of rotatable bonds is 6. The lowest BCUT2D eigenvalue weighted by Gasteiger charge is -2.15. The van der Waals surface area contributed by atoms with Gasteiger partial charge in [-0.15, -0.1) is 0 Å². The molecule has 0 saturated carbocycles. The molecule has 5 heteroatoms. The highest BCUT2D eigenvalue weighted by atomic mass is 16.5. The number of phenolic OH excluding ortho intramolecular Hbond substituents is 3. The number of hydrogen-bond donors (Lipinski definition) is 3. The summed E-state index contributed by atoms with van der Waals surface area (Å²) in [4.78, 5) is 12.7. The van der Waals surface area contributed by atoms with Crippen molar-refractivity contribution in [2.75, 3.05) is 7.11 Å². The van der Waals surface area contributed by atoms with Gasteiger partial charge in [-0.3, -0.25) is 4.79 Å². The van der Waals surface area contributed by atoms with E-state index in [9.17, 15) is 20.1 Å². The van der Waals surface area contributed by atoms with Gasteiger partial charge in [-0.2, -0.15) is 0 Å². The van der Waals surface area contributed by atoms with Gasteiger partial charge in [0.2, 0.25) is 0 Å². The summed E-state index contributed by atoms with van der Waals surface area (Å²) < 4.78 is 5.19. The quantitative estimate of drug-likeness (QED) is 0.441. The van der Waals surface area contributed by atoms with E-state index in [1.54, 1.807) is 24.3 Å². The summed E-state index contributed by atoms with van der Waals surface area (Å²) in [5.74, 6) is -0.951. The Bertz CT molecular complexity index is 1020. The highest BCUT2D eigenvalue weighted by Crippen LogP contribution is 2.40. The average molecular weight is 376 g/mol. The molecule has 0 saturated heterocycles. The predicted molar refractivity (Wildman–Crippen MR) is 107 cm³/mol. The van der Waals surface area contributed by atoms with Crippen LogP contribution in [0.4, 0.5) is 0 Å². The molecule has 3 aromatic carbocycles. The first-order valence-electron chi connectivity index (χ1n) is 8.67. The van der Waals surface area contributed by atoms with Crippen molar-refractivity contribution < 1.29 is 24.9 Å². The molecule has 0 aliphatic carbocycles. The number of carbonyl (C=O) groups is 1. The summed E-state index contributed by atoms with van der Waals surface area (Å²) >= 11 is 0. The summed E-state index contributed by atoms with van der Waals surface area (Å²) in [5, 5.41) is 31.0. The van der Waals surface area contributed by atoms with Gasteiger partial charge < -0.3 is 20.1 Å². The molecule has 0 heterocycles. The normalized spacial score (nSPS) is 10.9. The van der Waals surface area contributed by atoms with Crippen molar-refractivity contribution in [2.45, 2.75) is 6.42 Å². The zero-order valence-electron chi connectivity index (χ0n) is 15.3. The van der Waals surface area contributed by atoms with Gasteiger partial charge in [-0.25, -0.2) is 0 Å². The van der Waals surface area contributed by atoms with Crippen LogP contribution in [-0.2, 0) is 6.42 Å². The molecule has 0 atom stereocenters. The number of aromatic hydroxyl groups is 3. The van der Waals surface area contributed by atoms with Gasteiger partial charge in [-0.05, 0) is 23.3 Å². The third-order valence-electron chi connectivity index (χ3n) is 4.40. The Morgan fingerprint density at radius 2 is 1.64 bits per heavy atom. The van der Waals surface area contributed by atoms with Gasteiger partial charge in [0.1, 0.15) is 28.6 Å². The molecular weight excluding hydrogens is 356 g/mol. The van der Waals surface area contributed by atoms with E-state index in [1.165, 1.54) is 25.3 Å². The average Bonchev–Trinajstić information content (AvgIpc) is 2.71. The summed E-state index contributed by atoms with van der Waals surface area (Å²) in [6.45, 7) is 0. The third kappa shape index (κ3) is 3.99. The van der Waals surface area contributed by atoms with Crippen molar-refractivity contribution >= 4 is 11.9 Å². The number of hydrogen-bond acceptors (Lipinski definition) is 5. The fourth-order valence-electron chi connectivity index (χ4n) is 2.92. The van der Waals surface area contributed by atoms with Crippen molar-refractivity contribution in [2.24, 2.45) is 0 Å². The van der Waals surface area contributed by atoms with Crippen LogP contribution in [0.2, 0.25) is 0 Å². The highest BCUT2D eigenvalue weighted by Gasteiger charge is 2.23. The molecule has 3 rings (SSSR count). The van der Waals surface area contributed by atoms with Crippen LogP contribution >= 0.6 is 0 Å². The van der Waals surface area contributed by atoms with E-state index in [2.05, 4.69) is 0 Å². The van der Waals surface area contributed by atoms with E-state index in [0.29, 0.717) is 5.56 Å². The monoisotopic (exact) mass is 376 g/mol. The van der Waals surface area contributed by atoms with Gasteiger partial charge in [0, 0.05) is 18.1 Å². The Morgan fingerprint density at radius 3 is 2.32 bits per heavy atom. The summed E-state index contributed by atoms with van der Waals surface area (Å²) in [7, 11) is 1.36. The third-order valence-corrected chi connectivity index (χ3v) is 4.40. The number of benzene rings is 3. The number of ether oxygens (including phenoxy) is 1. The first kappa shape index (κ1) is 19.0. The van der Waals surface area contributed by atoms with E-state index in [4.69, 9.17) is 4.74 Å². The van der Waals surface area contributed by atoms with E-state index in [0.717, 1.165) is 5.56 Å². The molecule has 0 radical (unpaired) electrons. The Labute approximate surface area is 162 Å². The van der Waals surface area contributed by atoms with Gasteiger partial charge in [0.15, 0.2) is 5.78 Å². The van der Waals surface area contributed by atoms with Crippen LogP contribution < -0.4 is 4.74 Å². The van der Waals surface area contributed by atoms with Crippen LogP contribution in [0.3, 0.4) is 0 Å². The molecule has 5 nitrogen and oxygen atoms in total. The fraction of sp³-hybridized carbons (Fsp3) is 0.0870. The number of allylic oxidation sites excluding steroid dienone is 1. The number of carbonyl (C=O) groups excluding carboxylic acids is 1.